The van der Waals surface area contributed by atoms with Crippen LogP contribution in [0.2, 0.25) is 0 Å². The monoisotopic (exact) mass is 226 g/mol. The number of nitrogens with zero attached hydrogens (tertiary/aromatic N) is 1. The van der Waals surface area contributed by atoms with E-state index in [1.807, 2.05) is 6.92 Å². The van der Waals surface area contributed by atoms with E-state index in [9.17, 15) is 9.59 Å². The zero-order valence-corrected chi connectivity index (χ0v) is 9.73. The Morgan fingerprint density at radius 1 is 1.56 bits per heavy atom. The van der Waals surface area contributed by atoms with Crippen LogP contribution >= 0.6 is 0 Å². The normalized spacial score (nSPS) is 34.5. The van der Waals surface area contributed by atoms with Gasteiger partial charge in [0.05, 0.1) is 0 Å². The number of hydrogen-bond acceptors (Lipinski definition) is 4. The van der Waals surface area contributed by atoms with Crippen molar-refractivity contribution in [3.05, 3.63) is 0 Å². The molecule has 3 atom stereocenters. The Hall–Kier alpha value is -1.10. The van der Waals surface area contributed by atoms with Crippen LogP contribution in [0.3, 0.4) is 0 Å². The molecule has 0 bridgehead atoms. The van der Waals surface area contributed by atoms with Crippen LogP contribution in [0.4, 0.5) is 0 Å². The van der Waals surface area contributed by atoms with Gasteiger partial charge in [-0.1, -0.05) is 0 Å². The fourth-order valence-electron chi connectivity index (χ4n) is 2.50. The third-order valence-electron chi connectivity index (χ3n) is 3.15. The summed E-state index contributed by atoms with van der Waals surface area (Å²) in [5, 5.41) is 3.33. The number of nitrogens with one attached hydrogen (secondary N) is 1. The van der Waals surface area contributed by atoms with Crippen LogP contribution in [0.25, 0.3) is 0 Å². The van der Waals surface area contributed by atoms with Crippen molar-refractivity contribution >= 4 is 11.9 Å². The van der Waals surface area contributed by atoms with Crippen molar-refractivity contribution in [1.82, 2.24) is 10.2 Å². The molecule has 2 fully saturated rings. The Kier molecular flexibility index (Phi) is 3.14. The molecular weight excluding hydrogens is 208 g/mol. The van der Waals surface area contributed by atoms with Crippen LogP contribution in [-0.4, -0.2) is 41.6 Å². The van der Waals surface area contributed by atoms with Crippen molar-refractivity contribution in [1.29, 1.82) is 0 Å². The maximum atomic E-state index is 11.8. The van der Waals surface area contributed by atoms with Gasteiger partial charge < -0.3 is 9.64 Å². The summed E-state index contributed by atoms with van der Waals surface area (Å²) in [6.45, 7) is 4.16. The van der Waals surface area contributed by atoms with Gasteiger partial charge in [-0.2, -0.15) is 0 Å². The zero-order chi connectivity index (χ0) is 11.7. The van der Waals surface area contributed by atoms with Gasteiger partial charge in [0, 0.05) is 25.9 Å². The predicted octanol–water partition coefficient (Wildman–Crippen LogP) is 0.248. The van der Waals surface area contributed by atoms with Crippen LogP contribution in [0, 0.1) is 0 Å². The Balaban J connectivity index is 2.10. The van der Waals surface area contributed by atoms with Crippen LogP contribution in [-0.2, 0) is 14.3 Å². The second-order valence-electron chi connectivity index (χ2n) is 4.59. The molecule has 3 unspecified atom stereocenters. The number of amides is 1. The predicted molar refractivity (Wildman–Crippen MR) is 57.5 cm³/mol. The first-order valence-corrected chi connectivity index (χ1v) is 5.80. The molecule has 0 radical (unpaired) electrons. The fourth-order valence-corrected chi connectivity index (χ4v) is 2.50. The first-order valence-electron chi connectivity index (χ1n) is 5.80. The third kappa shape index (κ3) is 2.19. The SMILES string of the molecule is CC(=O)OC1CCCN2C(=O)CC(C)NC12. The molecule has 2 aliphatic rings. The molecular formula is C11H18N2O3. The van der Waals surface area contributed by atoms with Crippen molar-refractivity contribution in [3.63, 3.8) is 0 Å². The molecule has 0 spiro atoms. The lowest BCUT2D eigenvalue weighted by Gasteiger charge is -2.45. The molecule has 90 valence electrons. The average molecular weight is 226 g/mol. The highest BCUT2D eigenvalue weighted by Gasteiger charge is 2.40. The molecule has 2 rings (SSSR count). The second-order valence-corrected chi connectivity index (χ2v) is 4.59. The molecule has 2 saturated heterocycles. The van der Waals surface area contributed by atoms with Gasteiger partial charge in [0.2, 0.25) is 5.91 Å². The number of esters is 1. The van der Waals surface area contributed by atoms with Crippen LogP contribution in [0.15, 0.2) is 0 Å². The van der Waals surface area contributed by atoms with Gasteiger partial charge in [0.25, 0.3) is 0 Å². The molecule has 2 heterocycles. The van der Waals surface area contributed by atoms with E-state index in [-0.39, 0.29) is 30.2 Å². The van der Waals surface area contributed by atoms with Gasteiger partial charge in [0.1, 0.15) is 12.3 Å². The molecule has 1 N–H and O–H groups in total. The summed E-state index contributed by atoms with van der Waals surface area (Å²) < 4.78 is 5.26. The molecule has 5 nitrogen and oxygen atoms in total. The summed E-state index contributed by atoms with van der Waals surface area (Å²) >= 11 is 0. The number of fused-ring (bicyclic) bond motifs is 1. The van der Waals surface area contributed by atoms with Gasteiger partial charge in [-0.25, -0.2) is 0 Å². The van der Waals surface area contributed by atoms with E-state index in [0.29, 0.717) is 6.42 Å². The van der Waals surface area contributed by atoms with Gasteiger partial charge in [-0.3, -0.25) is 14.9 Å². The van der Waals surface area contributed by atoms with E-state index in [4.69, 9.17) is 4.74 Å². The van der Waals surface area contributed by atoms with E-state index < -0.39 is 0 Å². The minimum atomic E-state index is -0.278. The minimum absolute atomic E-state index is 0.131. The smallest absolute Gasteiger partial charge is 0.303 e. The first-order chi connectivity index (χ1) is 7.58. The van der Waals surface area contributed by atoms with Crippen molar-refractivity contribution < 1.29 is 14.3 Å². The highest BCUT2D eigenvalue weighted by molar-refractivity contribution is 5.78. The third-order valence-corrected chi connectivity index (χ3v) is 3.15. The summed E-state index contributed by atoms with van der Waals surface area (Å²) in [4.78, 5) is 24.6. The van der Waals surface area contributed by atoms with E-state index >= 15 is 0 Å². The molecule has 0 aliphatic carbocycles. The lowest BCUT2D eigenvalue weighted by molar-refractivity contribution is -0.163. The molecule has 0 aromatic rings. The van der Waals surface area contributed by atoms with Crippen molar-refractivity contribution in [3.8, 4) is 0 Å². The van der Waals surface area contributed by atoms with E-state index in [1.165, 1.54) is 6.92 Å². The Morgan fingerprint density at radius 2 is 2.31 bits per heavy atom. The highest BCUT2D eigenvalue weighted by atomic mass is 16.5. The highest BCUT2D eigenvalue weighted by Crippen LogP contribution is 2.23. The number of hydrogen-bond donors (Lipinski definition) is 1. The Morgan fingerprint density at radius 3 is 3.00 bits per heavy atom. The quantitative estimate of drug-likeness (QED) is 0.651. The van der Waals surface area contributed by atoms with Gasteiger partial charge in [-0.05, 0) is 19.8 Å². The number of ether oxygens (including phenoxy) is 1. The van der Waals surface area contributed by atoms with E-state index in [1.54, 1.807) is 4.90 Å². The molecule has 0 aromatic heterocycles. The van der Waals surface area contributed by atoms with Gasteiger partial charge in [0.15, 0.2) is 0 Å². The standard InChI is InChI=1S/C11H18N2O3/c1-7-6-10(15)13-5-3-4-9(11(13)12-7)16-8(2)14/h7,9,11-12H,3-6H2,1-2H3. The lowest BCUT2D eigenvalue weighted by atomic mass is 9.99. The summed E-state index contributed by atoms with van der Waals surface area (Å²) in [5.41, 5.74) is 0. The molecule has 1 amide bonds. The maximum Gasteiger partial charge on any atom is 0.303 e. The van der Waals surface area contributed by atoms with E-state index in [0.717, 1.165) is 19.4 Å². The van der Waals surface area contributed by atoms with Crippen molar-refractivity contribution in [2.24, 2.45) is 0 Å². The Labute approximate surface area is 95.1 Å². The molecule has 0 aromatic carbocycles. The summed E-state index contributed by atoms with van der Waals surface area (Å²) in [5.74, 6) is -0.118. The average Bonchev–Trinajstić information content (AvgIpc) is 2.18. The van der Waals surface area contributed by atoms with Crippen LogP contribution in [0.5, 0.6) is 0 Å². The maximum absolute atomic E-state index is 11.8. The number of rotatable bonds is 1. The number of carbonyl (C=O) groups excluding carboxylic acids is 2. The van der Waals surface area contributed by atoms with E-state index in [2.05, 4.69) is 5.32 Å². The topological polar surface area (TPSA) is 58.6 Å². The largest absolute Gasteiger partial charge is 0.459 e. The first kappa shape index (κ1) is 11.4. The molecule has 2 aliphatic heterocycles. The molecule has 5 heteroatoms. The number of piperidine rings is 1. The second kappa shape index (κ2) is 4.41. The van der Waals surface area contributed by atoms with Crippen LogP contribution < -0.4 is 5.32 Å². The van der Waals surface area contributed by atoms with Crippen molar-refractivity contribution in [2.75, 3.05) is 6.54 Å². The summed E-state index contributed by atoms with van der Waals surface area (Å²) in [7, 11) is 0. The fraction of sp³-hybridized carbons (Fsp3) is 0.818. The van der Waals surface area contributed by atoms with Crippen LogP contribution in [0.1, 0.15) is 33.1 Å². The van der Waals surface area contributed by atoms with Gasteiger partial charge in [-0.15, -0.1) is 0 Å². The van der Waals surface area contributed by atoms with Crippen molar-refractivity contribution in [2.45, 2.75) is 51.4 Å². The Bertz CT molecular complexity index is 306. The summed E-state index contributed by atoms with van der Waals surface area (Å²) in [6, 6.07) is 0.157. The molecule has 0 saturated carbocycles. The zero-order valence-electron chi connectivity index (χ0n) is 9.73. The number of carbonyl (C=O) groups is 2. The van der Waals surface area contributed by atoms with Gasteiger partial charge >= 0.3 is 5.97 Å². The molecule has 16 heavy (non-hydrogen) atoms. The summed E-state index contributed by atoms with van der Waals surface area (Å²) in [6.07, 6.45) is 1.93. The lowest BCUT2D eigenvalue weighted by Crippen LogP contribution is -2.65. The minimum Gasteiger partial charge on any atom is -0.459 e.